The van der Waals surface area contributed by atoms with E-state index in [1.54, 1.807) is 13.0 Å². The first-order chi connectivity index (χ1) is 16.0. The summed E-state index contributed by atoms with van der Waals surface area (Å²) in [5.74, 6) is 0.833. The monoisotopic (exact) mass is 466 g/mol. The quantitative estimate of drug-likeness (QED) is 0.369. The van der Waals surface area contributed by atoms with Crippen molar-refractivity contribution in [1.82, 2.24) is 15.0 Å². The first kappa shape index (κ1) is 22.3. The number of H-pyrrole nitrogens is 1. The SMILES string of the molecule is CCOC(=O)Oc1cnc(N)c2c(C(CCc3ccccc3)Oc3ccnc(=O)[nH]3)csc12. The molecule has 0 spiro atoms. The van der Waals surface area contributed by atoms with E-state index in [0.717, 1.165) is 17.5 Å². The molecule has 3 N–H and O–H groups in total. The molecule has 9 nitrogen and oxygen atoms in total. The Kier molecular flexibility index (Phi) is 6.84. The van der Waals surface area contributed by atoms with Crippen molar-refractivity contribution in [3.05, 3.63) is 75.8 Å². The lowest BCUT2D eigenvalue weighted by molar-refractivity contribution is 0.105. The number of carbonyl (C=O) groups excluding carboxylic acids is 1. The Hall–Kier alpha value is -3.92. The van der Waals surface area contributed by atoms with Crippen LogP contribution in [0.15, 0.2) is 59.0 Å². The van der Waals surface area contributed by atoms with Crippen LogP contribution in [0.3, 0.4) is 0 Å². The number of benzene rings is 1. The van der Waals surface area contributed by atoms with Crippen LogP contribution < -0.4 is 20.9 Å². The molecule has 0 amide bonds. The number of carbonyl (C=O) groups is 1. The number of thiophene rings is 1. The smallest absolute Gasteiger partial charge is 0.471 e. The van der Waals surface area contributed by atoms with Crippen molar-refractivity contribution in [3.8, 4) is 11.6 Å². The maximum atomic E-state index is 11.9. The van der Waals surface area contributed by atoms with Gasteiger partial charge in [-0.15, -0.1) is 11.3 Å². The number of nitrogens with one attached hydrogen (secondary N) is 1. The van der Waals surface area contributed by atoms with Crippen LogP contribution in [0.5, 0.6) is 11.6 Å². The summed E-state index contributed by atoms with van der Waals surface area (Å²) in [4.78, 5) is 34.0. The van der Waals surface area contributed by atoms with Gasteiger partial charge in [-0.25, -0.2) is 19.6 Å². The number of rotatable bonds is 8. The molecule has 0 bridgehead atoms. The lowest BCUT2D eigenvalue weighted by Crippen LogP contribution is -2.15. The van der Waals surface area contributed by atoms with E-state index in [-0.39, 0.29) is 24.1 Å². The van der Waals surface area contributed by atoms with Crippen LogP contribution in [0.25, 0.3) is 10.1 Å². The summed E-state index contributed by atoms with van der Waals surface area (Å²) in [6.07, 6.45) is 2.84. The summed E-state index contributed by atoms with van der Waals surface area (Å²) in [5.41, 5.74) is 7.64. The summed E-state index contributed by atoms with van der Waals surface area (Å²) < 4.78 is 17.0. The van der Waals surface area contributed by atoms with E-state index in [4.69, 9.17) is 19.9 Å². The molecule has 0 aliphatic rings. The highest BCUT2D eigenvalue weighted by molar-refractivity contribution is 7.17. The van der Waals surface area contributed by atoms with Crippen molar-refractivity contribution < 1.29 is 19.0 Å². The Morgan fingerprint density at radius 1 is 1.21 bits per heavy atom. The molecule has 0 aliphatic carbocycles. The molecule has 3 heterocycles. The predicted octanol–water partition coefficient (Wildman–Crippen LogP) is 4.25. The van der Waals surface area contributed by atoms with Gasteiger partial charge in [-0.1, -0.05) is 30.3 Å². The van der Waals surface area contributed by atoms with Gasteiger partial charge in [-0.05, 0) is 30.7 Å². The normalized spacial score (nSPS) is 11.8. The van der Waals surface area contributed by atoms with Crippen LogP contribution in [0.1, 0.15) is 30.6 Å². The minimum atomic E-state index is -0.813. The van der Waals surface area contributed by atoms with Crippen molar-refractivity contribution in [2.45, 2.75) is 25.9 Å². The number of nitrogens with zero attached hydrogens (tertiary/aromatic N) is 2. The van der Waals surface area contributed by atoms with Crippen molar-refractivity contribution in [2.24, 2.45) is 0 Å². The molecule has 33 heavy (non-hydrogen) atoms. The van der Waals surface area contributed by atoms with Gasteiger partial charge in [0.05, 0.1) is 17.5 Å². The number of pyridine rings is 1. The number of aromatic amines is 1. The molecule has 1 aromatic carbocycles. The van der Waals surface area contributed by atoms with E-state index in [0.29, 0.717) is 16.5 Å². The van der Waals surface area contributed by atoms with Crippen molar-refractivity contribution in [3.63, 3.8) is 0 Å². The zero-order valence-corrected chi connectivity index (χ0v) is 18.6. The van der Waals surface area contributed by atoms with Crippen LogP contribution in [0.4, 0.5) is 10.6 Å². The average molecular weight is 467 g/mol. The maximum Gasteiger partial charge on any atom is 0.513 e. The van der Waals surface area contributed by atoms with E-state index in [1.807, 2.05) is 35.7 Å². The number of anilines is 1. The Labute approximate surface area is 193 Å². The van der Waals surface area contributed by atoms with Gasteiger partial charge in [0.1, 0.15) is 11.9 Å². The number of aromatic nitrogens is 3. The highest BCUT2D eigenvalue weighted by Gasteiger charge is 2.23. The Morgan fingerprint density at radius 2 is 2.03 bits per heavy atom. The summed E-state index contributed by atoms with van der Waals surface area (Å²) >= 11 is 1.36. The second-order valence-electron chi connectivity index (χ2n) is 7.06. The lowest BCUT2D eigenvalue weighted by Gasteiger charge is -2.19. The molecule has 10 heteroatoms. The van der Waals surface area contributed by atoms with Crippen LogP contribution >= 0.6 is 11.3 Å². The van der Waals surface area contributed by atoms with E-state index in [9.17, 15) is 9.59 Å². The van der Waals surface area contributed by atoms with Gasteiger partial charge in [0.2, 0.25) is 0 Å². The summed E-state index contributed by atoms with van der Waals surface area (Å²) in [7, 11) is 0. The highest BCUT2D eigenvalue weighted by Crippen LogP contribution is 2.41. The summed E-state index contributed by atoms with van der Waals surface area (Å²) in [5, 5.41) is 2.53. The fraction of sp³-hybridized carbons (Fsp3) is 0.217. The molecular formula is C23H22N4O5S. The number of hydrogen-bond donors (Lipinski definition) is 2. The first-order valence-electron chi connectivity index (χ1n) is 10.3. The van der Waals surface area contributed by atoms with Crippen molar-refractivity contribution in [1.29, 1.82) is 0 Å². The van der Waals surface area contributed by atoms with Gasteiger partial charge in [-0.3, -0.25) is 4.98 Å². The largest absolute Gasteiger partial charge is 0.513 e. The Bertz CT molecular complexity index is 1310. The van der Waals surface area contributed by atoms with Crippen molar-refractivity contribution in [2.75, 3.05) is 12.3 Å². The number of ether oxygens (including phenoxy) is 3. The number of hydrogen-bond acceptors (Lipinski definition) is 9. The zero-order chi connectivity index (χ0) is 23.2. The van der Waals surface area contributed by atoms with Gasteiger partial charge in [0.15, 0.2) is 11.6 Å². The van der Waals surface area contributed by atoms with Crippen LogP contribution in [-0.4, -0.2) is 27.7 Å². The molecular weight excluding hydrogens is 444 g/mol. The molecule has 1 unspecified atom stereocenters. The topological polar surface area (TPSA) is 129 Å². The fourth-order valence-corrected chi connectivity index (χ4v) is 4.47. The molecule has 170 valence electrons. The molecule has 0 aliphatic heterocycles. The van der Waals surface area contributed by atoms with Gasteiger partial charge >= 0.3 is 11.8 Å². The van der Waals surface area contributed by atoms with Crippen LogP contribution in [0, 0.1) is 0 Å². The third-order valence-corrected chi connectivity index (χ3v) is 5.89. The predicted molar refractivity (Wildman–Crippen MR) is 125 cm³/mol. The third kappa shape index (κ3) is 5.29. The standard InChI is InChI=1S/C23H22N4O5S/c1-2-30-23(29)32-17-12-26-21(24)19-15(13-33-20(17)19)16(9-8-14-6-4-3-5-7-14)31-18-10-11-25-22(28)27-18/h3-7,10-13,16H,2,8-9H2,1H3,(H2,24,26)(H,25,27,28). The third-order valence-electron chi connectivity index (χ3n) is 4.88. The molecule has 0 saturated heterocycles. The molecule has 4 aromatic rings. The summed E-state index contributed by atoms with van der Waals surface area (Å²) in [6.45, 7) is 1.89. The molecule has 4 rings (SSSR count). The highest BCUT2D eigenvalue weighted by atomic mass is 32.1. The Morgan fingerprint density at radius 3 is 2.79 bits per heavy atom. The van der Waals surface area contributed by atoms with Crippen LogP contribution in [0.2, 0.25) is 0 Å². The molecule has 3 aromatic heterocycles. The van der Waals surface area contributed by atoms with E-state index in [2.05, 4.69) is 15.0 Å². The zero-order valence-electron chi connectivity index (χ0n) is 17.8. The minimum Gasteiger partial charge on any atom is -0.471 e. The fourth-order valence-electron chi connectivity index (χ4n) is 3.41. The van der Waals surface area contributed by atoms with Gasteiger partial charge < -0.3 is 19.9 Å². The average Bonchev–Trinajstić information content (AvgIpc) is 3.26. The maximum absolute atomic E-state index is 11.9. The molecule has 1 atom stereocenters. The van der Waals surface area contributed by atoms with Gasteiger partial charge in [0, 0.05) is 23.2 Å². The number of fused-ring (bicyclic) bond motifs is 1. The van der Waals surface area contributed by atoms with E-state index < -0.39 is 17.9 Å². The van der Waals surface area contributed by atoms with E-state index >= 15 is 0 Å². The van der Waals surface area contributed by atoms with Gasteiger partial charge in [0.25, 0.3) is 0 Å². The minimum absolute atomic E-state index is 0.194. The number of aryl methyl sites for hydroxylation is 1. The molecule has 0 fully saturated rings. The number of nitrogen functional groups attached to an aromatic ring is 1. The lowest BCUT2D eigenvalue weighted by atomic mass is 10.0. The Balaban J connectivity index is 1.71. The molecule has 0 saturated carbocycles. The van der Waals surface area contributed by atoms with Crippen LogP contribution in [-0.2, 0) is 11.2 Å². The van der Waals surface area contributed by atoms with Crippen molar-refractivity contribution >= 4 is 33.4 Å². The van der Waals surface area contributed by atoms with Gasteiger partial charge in [-0.2, -0.15) is 0 Å². The molecule has 0 radical (unpaired) electrons. The van der Waals surface area contributed by atoms with E-state index in [1.165, 1.54) is 23.7 Å². The first-order valence-corrected chi connectivity index (χ1v) is 11.2. The number of nitrogens with two attached hydrogens (primary N) is 1. The summed E-state index contributed by atoms with van der Waals surface area (Å²) in [6, 6.07) is 11.6. The second-order valence-corrected chi connectivity index (χ2v) is 7.94. The second kappa shape index (κ2) is 10.1.